The van der Waals surface area contributed by atoms with E-state index in [0.29, 0.717) is 0 Å². The van der Waals surface area contributed by atoms with Crippen LogP contribution in [0.15, 0.2) is 0 Å². The third-order valence-corrected chi connectivity index (χ3v) is 2.77. The van der Waals surface area contributed by atoms with Gasteiger partial charge in [-0.2, -0.15) is 7.82 Å². The van der Waals surface area contributed by atoms with E-state index >= 15 is 0 Å². The Morgan fingerprint density at radius 3 is 0.692 bits per heavy atom. The molecule has 0 atom stereocenters. The molecule has 11 heteroatoms. The van der Waals surface area contributed by atoms with Crippen LogP contribution in [0.5, 0.6) is 0 Å². The smallest absolute Gasteiger partial charge is 0.0918 e. The van der Waals surface area contributed by atoms with Crippen LogP contribution in [0.2, 0.25) is 0 Å². The zero-order valence-corrected chi connectivity index (χ0v) is 21.0. The van der Waals surface area contributed by atoms with Crippen molar-refractivity contribution in [1.29, 1.82) is 0 Å². The minimum Gasteiger partial charge on any atom is -0.822 e. The predicted molar refractivity (Wildman–Crippen MR) is 108 cm³/mol. The molecule has 0 spiro atoms. The normalized spacial score (nSPS) is 12.0. The summed E-state index contributed by atoms with van der Waals surface area (Å²) in [4.78, 5) is 25.6. The second-order valence-electron chi connectivity index (χ2n) is 8.56. The van der Waals surface area contributed by atoms with Gasteiger partial charge in [0.2, 0.25) is 0 Å². The summed E-state index contributed by atoms with van der Waals surface area (Å²) in [5.41, 5.74) is 0. The third kappa shape index (κ3) is 85.6. The molecule has 0 saturated carbocycles. The van der Waals surface area contributed by atoms with E-state index in [1.165, 1.54) is 0 Å². The van der Waals surface area contributed by atoms with Crippen molar-refractivity contribution in [3.05, 3.63) is 0 Å². The Labute approximate surface area is 176 Å². The van der Waals surface area contributed by atoms with Crippen molar-refractivity contribution in [3.8, 4) is 0 Å². The van der Waals surface area contributed by atoms with Gasteiger partial charge in [-0.15, -0.1) is 34.8 Å². The van der Waals surface area contributed by atoms with Crippen molar-refractivity contribution in [2.45, 2.75) is 0 Å². The zero-order valence-electron chi connectivity index (χ0n) is 17.8. The summed E-state index contributed by atoms with van der Waals surface area (Å²) >= 11 is 16.4. The lowest BCUT2D eigenvalue weighted by atomic mass is 10.6. The summed E-state index contributed by atoms with van der Waals surface area (Å²) in [5.74, 6) is 2.26. The van der Waals surface area contributed by atoms with Gasteiger partial charge in [-0.25, -0.2) is 0 Å². The number of phosphoric acid groups is 1. The topological polar surface area (TPSA) is 86.2 Å². The van der Waals surface area contributed by atoms with Crippen molar-refractivity contribution < 1.29 is 32.7 Å². The van der Waals surface area contributed by atoms with Crippen LogP contribution in [-0.2, 0) is 4.57 Å². The first kappa shape index (κ1) is 34.4. The van der Waals surface area contributed by atoms with E-state index in [2.05, 4.69) is 63.4 Å². The molecule has 0 aliphatic heterocycles. The first-order chi connectivity index (χ1) is 11.2. The predicted octanol–water partition coefficient (Wildman–Crippen LogP) is -0.0304. The quantitative estimate of drug-likeness (QED) is 0.315. The average Bonchev–Trinajstić information content (AvgIpc) is 2.22. The Morgan fingerprint density at radius 1 is 0.577 bits per heavy atom. The standard InChI is InChI=1S/3C5H13ClN.H3O4P/c3*1-7(2,3)5-4-6;1-5(2,3)4/h3*4-5H2,1-3H3;(H3,1,2,3,4)/q3*+1;/p-3. The number of hydrogen-bond donors (Lipinski definition) is 0. The summed E-state index contributed by atoms with van der Waals surface area (Å²) in [6.07, 6.45) is 0. The van der Waals surface area contributed by atoms with Gasteiger partial charge >= 0.3 is 0 Å². The van der Waals surface area contributed by atoms with E-state index in [1.54, 1.807) is 0 Å². The number of halogens is 3. The van der Waals surface area contributed by atoms with Crippen LogP contribution in [0.1, 0.15) is 0 Å². The largest absolute Gasteiger partial charge is 0.822 e. The molecule has 164 valence electrons. The number of hydrogen-bond acceptors (Lipinski definition) is 4. The molecule has 0 aromatic rings. The maximum atomic E-state index is 8.55. The summed E-state index contributed by atoms with van der Waals surface area (Å²) in [6, 6.07) is 0. The monoisotopic (exact) mass is 461 g/mol. The summed E-state index contributed by atoms with van der Waals surface area (Å²) < 4.78 is 11.4. The highest BCUT2D eigenvalue weighted by atomic mass is 35.5. The molecular formula is C15H39Cl3N3O4P. The van der Waals surface area contributed by atoms with E-state index in [4.69, 9.17) is 54.0 Å². The SMILES string of the molecule is C[N+](C)(C)CCCl.C[N+](C)(C)CCCl.C[N+](C)(C)CCCl.O=P([O-])([O-])[O-]. The van der Waals surface area contributed by atoms with Crippen LogP contribution in [0.4, 0.5) is 0 Å². The van der Waals surface area contributed by atoms with Gasteiger partial charge in [0.1, 0.15) is 0 Å². The molecule has 7 nitrogen and oxygen atoms in total. The Balaban J connectivity index is -0.000000125. The molecule has 0 fully saturated rings. The van der Waals surface area contributed by atoms with Gasteiger partial charge in [0, 0.05) is 0 Å². The molecule has 0 rings (SSSR count). The molecule has 0 heterocycles. The molecule has 0 unspecified atom stereocenters. The van der Waals surface area contributed by atoms with Crippen molar-refractivity contribution in [1.82, 2.24) is 0 Å². The highest BCUT2D eigenvalue weighted by Crippen LogP contribution is 2.03. The molecule has 0 aromatic heterocycles. The maximum Gasteiger partial charge on any atom is 0.0918 e. The number of nitrogens with zero attached hydrogens (tertiary/aromatic N) is 3. The summed E-state index contributed by atoms with van der Waals surface area (Å²) in [6.45, 7) is 3.13. The Morgan fingerprint density at radius 2 is 0.692 bits per heavy atom. The van der Waals surface area contributed by atoms with Crippen molar-refractivity contribution in [3.63, 3.8) is 0 Å². The number of rotatable bonds is 6. The van der Waals surface area contributed by atoms with E-state index in [9.17, 15) is 0 Å². The molecule has 0 radical (unpaired) electrons. The lowest BCUT2D eigenvalue weighted by Crippen LogP contribution is -2.36. The van der Waals surface area contributed by atoms with Gasteiger partial charge in [-0.1, -0.05) is 0 Å². The van der Waals surface area contributed by atoms with E-state index in [1.807, 2.05) is 0 Å². The maximum absolute atomic E-state index is 8.55. The van der Waals surface area contributed by atoms with Crippen LogP contribution < -0.4 is 14.7 Å². The van der Waals surface area contributed by atoms with E-state index < -0.39 is 7.82 Å². The van der Waals surface area contributed by atoms with Gasteiger partial charge in [0.25, 0.3) is 0 Å². The van der Waals surface area contributed by atoms with E-state index in [0.717, 1.165) is 50.7 Å². The van der Waals surface area contributed by atoms with Crippen LogP contribution in [-0.4, -0.2) is 114 Å². The number of quaternary nitrogens is 3. The minimum atomic E-state index is -5.39. The Kier molecular flexibility index (Phi) is 22.2. The fraction of sp³-hybridized carbons (Fsp3) is 1.00. The fourth-order valence-corrected chi connectivity index (χ4v) is 2.28. The van der Waals surface area contributed by atoms with Crippen LogP contribution in [0.3, 0.4) is 0 Å². The van der Waals surface area contributed by atoms with Gasteiger partial charge < -0.3 is 32.7 Å². The fourth-order valence-electron chi connectivity index (χ4n) is 0.761. The van der Waals surface area contributed by atoms with Crippen molar-refractivity contribution in [2.75, 3.05) is 101 Å². The highest BCUT2D eigenvalue weighted by molar-refractivity contribution is 7.40. The van der Waals surface area contributed by atoms with Crippen LogP contribution in [0, 0.1) is 0 Å². The molecular weight excluding hydrogens is 424 g/mol. The Bertz CT molecular complexity index is 305. The average molecular weight is 463 g/mol. The van der Waals surface area contributed by atoms with Crippen molar-refractivity contribution >= 4 is 42.6 Å². The first-order valence-electron chi connectivity index (χ1n) is 8.01. The minimum absolute atomic E-state index is 0.753. The lowest BCUT2D eigenvalue weighted by molar-refractivity contribution is -0.867. The second-order valence-corrected chi connectivity index (χ2v) is 10.6. The third-order valence-electron chi connectivity index (χ3n) is 2.27. The van der Waals surface area contributed by atoms with Crippen LogP contribution in [0.25, 0.3) is 0 Å². The molecule has 26 heavy (non-hydrogen) atoms. The molecule has 0 saturated heterocycles. The first-order valence-corrected chi connectivity index (χ1v) is 11.1. The number of alkyl halides is 3. The highest BCUT2D eigenvalue weighted by Gasteiger charge is 2.03. The summed E-state index contributed by atoms with van der Waals surface area (Å²) in [5, 5.41) is 0. The molecule has 0 aromatic carbocycles. The molecule has 0 aliphatic carbocycles. The molecule has 0 aliphatic rings. The van der Waals surface area contributed by atoms with Gasteiger partial charge in [0.15, 0.2) is 0 Å². The molecule has 0 amide bonds. The summed E-state index contributed by atoms with van der Waals surface area (Å²) in [7, 11) is 13.8. The van der Waals surface area contributed by atoms with Gasteiger partial charge in [-0.05, 0) is 0 Å². The second kappa shape index (κ2) is 16.8. The lowest BCUT2D eigenvalue weighted by Gasteiger charge is -2.36. The van der Waals surface area contributed by atoms with Crippen LogP contribution >= 0.6 is 42.6 Å². The molecule has 0 bridgehead atoms. The molecule has 0 N–H and O–H groups in total. The van der Waals surface area contributed by atoms with Gasteiger partial charge in [-0.3, -0.25) is 0 Å². The van der Waals surface area contributed by atoms with E-state index in [-0.39, 0.29) is 0 Å². The van der Waals surface area contributed by atoms with Gasteiger partial charge in [0.05, 0.1) is 101 Å². The van der Waals surface area contributed by atoms with Crippen molar-refractivity contribution in [2.24, 2.45) is 0 Å². The zero-order chi connectivity index (χ0) is 22.2. The Hall–Kier alpha value is 0.860.